The fourth-order valence-corrected chi connectivity index (χ4v) is 3.27. The van der Waals surface area contributed by atoms with Crippen LogP contribution in [0.5, 0.6) is 0 Å². The van der Waals surface area contributed by atoms with Gasteiger partial charge in [0.15, 0.2) is 5.03 Å². The molecule has 0 radical (unpaired) electrons. The van der Waals surface area contributed by atoms with E-state index < -0.39 is 10.0 Å². The molecule has 0 fully saturated rings. The zero-order valence-electron chi connectivity index (χ0n) is 11.4. The number of hydrogen-bond acceptors (Lipinski definition) is 4. The summed E-state index contributed by atoms with van der Waals surface area (Å²) < 4.78 is 27.4. The van der Waals surface area contributed by atoms with Gasteiger partial charge in [-0.05, 0) is 24.6 Å². The third kappa shape index (κ3) is 3.15. The highest BCUT2D eigenvalue weighted by Crippen LogP contribution is 2.20. The van der Waals surface area contributed by atoms with Gasteiger partial charge in [0.25, 0.3) is 10.0 Å². The van der Waals surface area contributed by atoms with Crippen molar-refractivity contribution in [2.24, 2.45) is 0 Å². The number of pyridine rings is 1. The van der Waals surface area contributed by atoms with E-state index in [0.29, 0.717) is 5.69 Å². The van der Waals surface area contributed by atoms with Crippen molar-refractivity contribution in [2.75, 3.05) is 12.4 Å². The van der Waals surface area contributed by atoms with Gasteiger partial charge in [0, 0.05) is 19.3 Å². The van der Waals surface area contributed by atoms with E-state index in [1.807, 2.05) is 30.3 Å². The molecule has 0 aliphatic carbocycles. The van der Waals surface area contributed by atoms with Crippen LogP contribution in [0.2, 0.25) is 0 Å². The van der Waals surface area contributed by atoms with Crippen LogP contribution >= 0.6 is 0 Å². The predicted molar refractivity (Wildman–Crippen MR) is 79.0 cm³/mol. The number of sulfonamides is 1. The summed E-state index contributed by atoms with van der Waals surface area (Å²) in [6, 6.07) is 12.4. The molecule has 1 aromatic carbocycles. The molecule has 0 aliphatic heterocycles. The van der Waals surface area contributed by atoms with Gasteiger partial charge in [-0.15, -0.1) is 0 Å². The Morgan fingerprint density at radius 1 is 1.10 bits per heavy atom. The summed E-state index contributed by atoms with van der Waals surface area (Å²) in [6.45, 7) is 1.80. The minimum Gasteiger partial charge on any atom is -0.386 e. The van der Waals surface area contributed by atoms with Gasteiger partial charge < -0.3 is 5.32 Å². The molecular formula is C14H17N3O2S. The Morgan fingerprint density at radius 3 is 2.45 bits per heavy atom. The lowest BCUT2D eigenvalue weighted by molar-refractivity contribution is 0.563. The van der Waals surface area contributed by atoms with Crippen LogP contribution in [0.3, 0.4) is 0 Å². The van der Waals surface area contributed by atoms with E-state index in [1.165, 1.54) is 6.20 Å². The summed E-state index contributed by atoms with van der Waals surface area (Å²) in [7, 11) is -2.01. The number of benzene rings is 1. The summed E-state index contributed by atoms with van der Waals surface area (Å²) in [5.74, 6) is 0. The van der Waals surface area contributed by atoms with Gasteiger partial charge in [0.05, 0.1) is 5.69 Å². The van der Waals surface area contributed by atoms with Crippen LogP contribution in [0.4, 0.5) is 5.69 Å². The summed E-state index contributed by atoms with van der Waals surface area (Å²) in [5.41, 5.74) is 1.37. The van der Waals surface area contributed by atoms with Crippen molar-refractivity contribution < 1.29 is 8.42 Å². The van der Waals surface area contributed by atoms with Gasteiger partial charge >= 0.3 is 0 Å². The number of rotatable bonds is 5. The van der Waals surface area contributed by atoms with Gasteiger partial charge in [-0.25, -0.2) is 18.1 Å². The van der Waals surface area contributed by atoms with Crippen molar-refractivity contribution in [3.63, 3.8) is 0 Å². The van der Waals surface area contributed by atoms with Crippen LogP contribution < -0.4 is 10.0 Å². The van der Waals surface area contributed by atoms with Crippen molar-refractivity contribution in [1.82, 2.24) is 9.71 Å². The Bertz CT molecular complexity index is 672. The van der Waals surface area contributed by atoms with Crippen molar-refractivity contribution in [2.45, 2.75) is 18.0 Å². The van der Waals surface area contributed by atoms with Crippen LogP contribution in [0.25, 0.3) is 0 Å². The van der Waals surface area contributed by atoms with Crippen LogP contribution in [0.1, 0.15) is 18.5 Å². The number of nitrogens with one attached hydrogen (secondary N) is 2. The van der Waals surface area contributed by atoms with Crippen molar-refractivity contribution in [3.05, 3.63) is 54.2 Å². The minimum absolute atomic E-state index is 0.00489. The highest BCUT2D eigenvalue weighted by Gasteiger charge is 2.22. The van der Waals surface area contributed by atoms with E-state index in [4.69, 9.17) is 0 Å². The normalized spacial score (nSPS) is 12.9. The summed E-state index contributed by atoms with van der Waals surface area (Å²) in [5, 5.41) is 2.84. The molecule has 0 aliphatic rings. The molecule has 0 spiro atoms. The lowest BCUT2D eigenvalue weighted by Crippen LogP contribution is -2.28. The molecule has 6 heteroatoms. The van der Waals surface area contributed by atoms with Crippen LogP contribution in [0, 0.1) is 0 Å². The maximum atomic E-state index is 12.4. The molecule has 20 heavy (non-hydrogen) atoms. The van der Waals surface area contributed by atoms with Crippen molar-refractivity contribution in [3.8, 4) is 0 Å². The lowest BCUT2D eigenvalue weighted by atomic mass is 10.1. The van der Waals surface area contributed by atoms with Crippen LogP contribution in [0.15, 0.2) is 53.7 Å². The van der Waals surface area contributed by atoms with Gasteiger partial charge in [-0.3, -0.25) is 0 Å². The molecular weight excluding hydrogens is 274 g/mol. The Kier molecular flexibility index (Phi) is 4.36. The SMILES string of the molecule is CNc1cccnc1S(=O)(=O)NC(C)c1ccccc1. The predicted octanol–water partition coefficient (Wildman–Crippen LogP) is 2.16. The maximum Gasteiger partial charge on any atom is 0.260 e. The highest BCUT2D eigenvalue weighted by molar-refractivity contribution is 7.89. The largest absolute Gasteiger partial charge is 0.386 e. The first-order valence-electron chi connectivity index (χ1n) is 6.24. The van der Waals surface area contributed by atoms with Crippen LogP contribution in [-0.4, -0.2) is 20.4 Å². The van der Waals surface area contributed by atoms with E-state index in [2.05, 4.69) is 15.0 Å². The Hall–Kier alpha value is -1.92. The zero-order chi connectivity index (χ0) is 14.6. The smallest absolute Gasteiger partial charge is 0.260 e. The standard InChI is InChI=1S/C14H17N3O2S/c1-11(12-7-4-3-5-8-12)17-20(18,19)14-13(15-2)9-6-10-16-14/h3-11,15,17H,1-2H3. The molecule has 106 valence electrons. The molecule has 0 saturated heterocycles. The first kappa shape index (κ1) is 14.5. The molecule has 1 heterocycles. The molecule has 0 bridgehead atoms. The number of anilines is 1. The molecule has 2 N–H and O–H groups in total. The fraction of sp³-hybridized carbons (Fsp3) is 0.214. The zero-order valence-corrected chi connectivity index (χ0v) is 12.2. The van der Waals surface area contributed by atoms with E-state index in [9.17, 15) is 8.42 Å². The lowest BCUT2D eigenvalue weighted by Gasteiger charge is -2.15. The maximum absolute atomic E-state index is 12.4. The van der Waals surface area contributed by atoms with Crippen molar-refractivity contribution in [1.29, 1.82) is 0 Å². The molecule has 2 aromatic rings. The number of nitrogens with zero attached hydrogens (tertiary/aromatic N) is 1. The van der Waals surface area contributed by atoms with E-state index in [-0.39, 0.29) is 11.1 Å². The highest BCUT2D eigenvalue weighted by atomic mass is 32.2. The van der Waals surface area contributed by atoms with E-state index in [1.54, 1.807) is 26.1 Å². The first-order chi connectivity index (χ1) is 9.54. The average Bonchev–Trinajstić information content (AvgIpc) is 2.47. The molecule has 1 atom stereocenters. The molecule has 0 amide bonds. The van der Waals surface area contributed by atoms with Gasteiger partial charge in [0.1, 0.15) is 0 Å². The fourth-order valence-electron chi connectivity index (χ4n) is 1.89. The summed E-state index contributed by atoms with van der Waals surface area (Å²) in [6.07, 6.45) is 1.46. The Labute approximate surface area is 119 Å². The average molecular weight is 291 g/mol. The second kappa shape index (κ2) is 6.02. The van der Waals surface area contributed by atoms with Gasteiger partial charge in [0.2, 0.25) is 0 Å². The van der Waals surface area contributed by atoms with Crippen LogP contribution in [-0.2, 0) is 10.0 Å². The first-order valence-corrected chi connectivity index (χ1v) is 7.73. The second-order valence-corrected chi connectivity index (χ2v) is 5.99. The minimum atomic E-state index is -3.67. The third-order valence-electron chi connectivity index (χ3n) is 2.93. The van der Waals surface area contributed by atoms with E-state index >= 15 is 0 Å². The quantitative estimate of drug-likeness (QED) is 0.885. The monoisotopic (exact) mass is 291 g/mol. The number of hydrogen-bond donors (Lipinski definition) is 2. The van der Waals surface area contributed by atoms with Gasteiger partial charge in [-0.2, -0.15) is 0 Å². The molecule has 2 rings (SSSR count). The van der Waals surface area contributed by atoms with E-state index in [0.717, 1.165) is 5.56 Å². The topological polar surface area (TPSA) is 71.1 Å². The Morgan fingerprint density at radius 2 is 1.80 bits per heavy atom. The second-order valence-electron chi connectivity index (χ2n) is 4.36. The molecule has 0 saturated carbocycles. The summed E-state index contributed by atoms with van der Waals surface area (Å²) in [4.78, 5) is 3.95. The van der Waals surface area contributed by atoms with Gasteiger partial charge in [-0.1, -0.05) is 30.3 Å². The van der Waals surface area contributed by atoms with Crippen molar-refractivity contribution >= 4 is 15.7 Å². The molecule has 1 unspecified atom stereocenters. The third-order valence-corrected chi connectivity index (χ3v) is 4.42. The molecule has 1 aromatic heterocycles. The Balaban J connectivity index is 2.28. The molecule has 5 nitrogen and oxygen atoms in total. The summed E-state index contributed by atoms with van der Waals surface area (Å²) >= 11 is 0. The number of aromatic nitrogens is 1.